The number of hydrogen-bond acceptors (Lipinski definition) is 3. The highest BCUT2D eigenvalue weighted by molar-refractivity contribution is 7.91. The van der Waals surface area contributed by atoms with Crippen molar-refractivity contribution >= 4 is 9.84 Å². The summed E-state index contributed by atoms with van der Waals surface area (Å²) in [5.74, 6) is 0.228. The highest BCUT2D eigenvalue weighted by Crippen LogP contribution is 2.30. The fourth-order valence-electron chi connectivity index (χ4n) is 1.91. The van der Waals surface area contributed by atoms with Gasteiger partial charge in [0.1, 0.15) is 0 Å². The van der Waals surface area contributed by atoms with E-state index in [9.17, 15) is 8.42 Å². The molecular formula is C10H13NO2S. The smallest absolute Gasteiger partial charge is 0.178 e. The lowest BCUT2D eigenvalue weighted by atomic mass is 10.0. The van der Waals surface area contributed by atoms with E-state index in [4.69, 9.17) is 5.73 Å². The molecule has 1 unspecified atom stereocenters. The van der Waals surface area contributed by atoms with Crippen LogP contribution in [0.4, 0.5) is 0 Å². The standard InChI is InChI=1S/C10H13NO2S/c1-7(11)8-3-2-4-10-9(8)5-6-14(10,12)13/h2-4,7H,5-6,11H2,1H3. The first kappa shape index (κ1) is 9.68. The van der Waals surface area contributed by atoms with Gasteiger partial charge in [0.05, 0.1) is 10.6 Å². The summed E-state index contributed by atoms with van der Waals surface area (Å²) in [6.45, 7) is 1.88. The van der Waals surface area contributed by atoms with E-state index in [-0.39, 0.29) is 11.8 Å². The first-order valence-corrected chi connectivity index (χ1v) is 6.28. The topological polar surface area (TPSA) is 60.2 Å². The van der Waals surface area contributed by atoms with Crippen LogP contribution in [0.15, 0.2) is 23.1 Å². The summed E-state index contributed by atoms with van der Waals surface area (Å²) in [7, 11) is -3.02. The van der Waals surface area contributed by atoms with Crippen molar-refractivity contribution in [2.24, 2.45) is 5.73 Å². The quantitative estimate of drug-likeness (QED) is 0.755. The minimum atomic E-state index is -3.02. The van der Waals surface area contributed by atoms with Crippen molar-refractivity contribution < 1.29 is 8.42 Å². The molecule has 3 nitrogen and oxygen atoms in total. The molecule has 76 valence electrons. The predicted molar refractivity (Wildman–Crippen MR) is 54.8 cm³/mol. The van der Waals surface area contributed by atoms with Gasteiger partial charge in [0, 0.05) is 6.04 Å². The first-order valence-electron chi connectivity index (χ1n) is 4.62. The average molecular weight is 211 g/mol. The second kappa shape index (κ2) is 3.07. The zero-order valence-corrected chi connectivity index (χ0v) is 8.84. The monoisotopic (exact) mass is 211 g/mol. The average Bonchev–Trinajstić information content (AvgIpc) is 2.42. The highest BCUT2D eigenvalue weighted by Gasteiger charge is 2.28. The van der Waals surface area contributed by atoms with Gasteiger partial charge < -0.3 is 5.73 Å². The van der Waals surface area contributed by atoms with Crippen molar-refractivity contribution in [3.8, 4) is 0 Å². The van der Waals surface area contributed by atoms with E-state index >= 15 is 0 Å². The van der Waals surface area contributed by atoms with Gasteiger partial charge in [0.2, 0.25) is 0 Å². The number of benzene rings is 1. The van der Waals surface area contributed by atoms with Gasteiger partial charge in [0.25, 0.3) is 0 Å². The summed E-state index contributed by atoms with van der Waals surface area (Å²) in [5.41, 5.74) is 7.66. The van der Waals surface area contributed by atoms with Crippen LogP contribution in [-0.4, -0.2) is 14.2 Å². The van der Waals surface area contributed by atoms with Crippen LogP contribution < -0.4 is 5.73 Å². The summed E-state index contributed by atoms with van der Waals surface area (Å²) in [5, 5.41) is 0. The van der Waals surface area contributed by atoms with E-state index in [1.807, 2.05) is 13.0 Å². The van der Waals surface area contributed by atoms with E-state index in [0.29, 0.717) is 11.3 Å². The molecule has 1 heterocycles. The van der Waals surface area contributed by atoms with E-state index < -0.39 is 9.84 Å². The van der Waals surface area contributed by atoms with Crippen LogP contribution >= 0.6 is 0 Å². The van der Waals surface area contributed by atoms with Gasteiger partial charge in [-0.25, -0.2) is 8.42 Å². The third kappa shape index (κ3) is 1.35. The lowest BCUT2D eigenvalue weighted by Crippen LogP contribution is -2.08. The Bertz CT molecular complexity index is 463. The molecule has 2 N–H and O–H groups in total. The van der Waals surface area contributed by atoms with Crippen molar-refractivity contribution in [1.29, 1.82) is 0 Å². The highest BCUT2D eigenvalue weighted by atomic mass is 32.2. The molecule has 14 heavy (non-hydrogen) atoms. The van der Waals surface area contributed by atoms with Crippen molar-refractivity contribution in [3.63, 3.8) is 0 Å². The SMILES string of the molecule is CC(N)c1cccc2c1CCS2(=O)=O. The van der Waals surface area contributed by atoms with E-state index in [1.165, 1.54) is 0 Å². The Morgan fingerprint density at radius 2 is 2.14 bits per heavy atom. The zero-order valence-electron chi connectivity index (χ0n) is 8.03. The molecular weight excluding hydrogens is 198 g/mol. The van der Waals surface area contributed by atoms with Crippen LogP contribution in [0.2, 0.25) is 0 Å². The second-order valence-electron chi connectivity index (χ2n) is 3.68. The molecule has 1 atom stereocenters. The van der Waals surface area contributed by atoms with Gasteiger partial charge in [-0.3, -0.25) is 0 Å². The molecule has 1 aromatic rings. The Labute approximate surface area is 83.9 Å². The molecule has 0 saturated carbocycles. The van der Waals surface area contributed by atoms with Crippen molar-refractivity contribution in [2.45, 2.75) is 24.3 Å². The molecule has 0 radical (unpaired) electrons. The number of nitrogens with two attached hydrogens (primary N) is 1. The lowest BCUT2D eigenvalue weighted by Gasteiger charge is -2.10. The normalized spacial score (nSPS) is 20.4. The van der Waals surface area contributed by atoms with Crippen molar-refractivity contribution in [3.05, 3.63) is 29.3 Å². The molecule has 1 aliphatic rings. The summed E-state index contributed by atoms with van der Waals surface area (Å²) < 4.78 is 23.2. The maximum Gasteiger partial charge on any atom is 0.178 e. The van der Waals surface area contributed by atoms with Gasteiger partial charge in [-0.15, -0.1) is 0 Å². The lowest BCUT2D eigenvalue weighted by molar-refractivity contribution is 0.600. The van der Waals surface area contributed by atoms with Crippen molar-refractivity contribution in [1.82, 2.24) is 0 Å². The van der Waals surface area contributed by atoms with Gasteiger partial charge in [-0.05, 0) is 30.5 Å². The van der Waals surface area contributed by atoms with Gasteiger partial charge >= 0.3 is 0 Å². The van der Waals surface area contributed by atoms with Gasteiger partial charge in [0.15, 0.2) is 9.84 Å². The summed E-state index contributed by atoms with van der Waals surface area (Å²) in [6.07, 6.45) is 0.607. The van der Waals surface area contributed by atoms with E-state index in [0.717, 1.165) is 11.1 Å². The third-order valence-electron chi connectivity index (χ3n) is 2.62. The van der Waals surface area contributed by atoms with Crippen LogP contribution in [0.3, 0.4) is 0 Å². The molecule has 0 fully saturated rings. The molecule has 4 heteroatoms. The molecule has 0 aromatic heterocycles. The number of sulfone groups is 1. The Balaban J connectivity index is 2.68. The Kier molecular flexibility index (Phi) is 2.12. The third-order valence-corrected chi connectivity index (χ3v) is 4.41. The van der Waals surface area contributed by atoms with Crippen molar-refractivity contribution in [2.75, 3.05) is 5.75 Å². The van der Waals surface area contributed by atoms with Crippen LogP contribution in [-0.2, 0) is 16.3 Å². The summed E-state index contributed by atoms with van der Waals surface area (Å²) in [4.78, 5) is 0.479. The Hall–Kier alpha value is -0.870. The molecule has 1 aliphatic heterocycles. The molecule has 0 spiro atoms. The van der Waals surface area contributed by atoms with Gasteiger partial charge in [-0.2, -0.15) is 0 Å². The van der Waals surface area contributed by atoms with Crippen LogP contribution in [0.1, 0.15) is 24.1 Å². The van der Waals surface area contributed by atoms with Crippen LogP contribution in [0, 0.1) is 0 Å². The molecule has 1 aromatic carbocycles. The fraction of sp³-hybridized carbons (Fsp3) is 0.400. The Morgan fingerprint density at radius 1 is 1.43 bits per heavy atom. The summed E-state index contributed by atoms with van der Waals surface area (Å²) in [6, 6.07) is 5.24. The van der Waals surface area contributed by atoms with Crippen LogP contribution in [0.5, 0.6) is 0 Å². The van der Waals surface area contributed by atoms with Gasteiger partial charge in [-0.1, -0.05) is 12.1 Å². The zero-order chi connectivity index (χ0) is 10.3. The predicted octanol–water partition coefficient (Wildman–Crippen LogP) is 1.04. The number of rotatable bonds is 1. The first-order chi connectivity index (χ1) is 6.52. The van der Waals surface area contributed by atoms with Crippen LogP contribution in [0.25, 0.3) is 0 Å². The largest absolute Gasteiger partial charge is 0.324 e. The Morgan fingerprint density at radius 3 is 2.79 bits per heavy atom. The maximum atomic E-state index is 11.6. The maximum absolute atomic E-state index is 11.6. The molecule has 0 amide bonds. The number of hydrogen-bond donors (Lipinski definition) is 1. The molecule has 0 aliphatic carbocycles. The second-order valence-corrected chi connectivity index (χ2v) is 5.76. The molecule has 2 rings (SSSR count). The minimum Gasteiger partial charge on any atom is -0.324 e. The minimum absolute atomic E-state index is 0.0988. The summed E-state index contributed by atoms with van der Waals surface area (Å²) >= 11 is 0. The molecule has 0 saturated heterocycles. The van der Waals surface area contributed by atoms with E-state index in [1.54, 1.807) is 12.1 Å². The molecule has 0 bridgehead atoms. The van der Waals surface area contributed by atoms with E-state index in [2.05, 4.69) is 0 Å². The fourth-order valence-corrected chi connectivity index (χ4v) is 3.49. The number of fused-ring (bicyclic) bond motifs is 1.